The SMILES string of the molecule is CC(NC(=NCC1CCOC1)NCCc1ccco1)c1cccc(-n2cccn2)c1.I. The van der Waals surface area contributed by atoms with Crippen molar-refractivity contribution >= 4 is 29.9 Å². The molecule has 1 fully saturated rings. The minimum absolute atomic E-state index is 0. The minimum atomic E-state index is 0. The second kappa shape index (κ2) is 11.9. The van der Waals surface area contributed by atoms with Crippen molar-refractivity contribution in [3.05, 3.63) is 72.4 Å². The van der Waals surface area contributed by atoms with Gasteiger partial charge in [0.25, 0.3) is 0 Å². The van der Waals surface area contributed by atoms with E-state index >= 15 is 0 Å². The molecule has 0 radical (unpaired) electrons. The highest BCUT2D eigenvalue weighted by Crippen LogP contribution is 2.17. The molecule has 1 aliphatic rings. The summed E-state index contributed by atoms with van der Waals surface area (Å²) in [6, 6.07) is 14.3. The van der Waals surface area contributed by atoms with E-state index in [-0.39, 0.29) is 30.0 Å². The molecule has 2 aromatic heterocycles. The zero-order chi connectivity index (χ0) is 20.6. The molecule has 8 heteroatoms. The Labute approximate surface area is 200 Å². The molecule has 166 valence electrons. The van der Waals surface area contributed by atoms with Gasteiger partial charge in [-0.25, -0.2) is 4.68 Å². The van der Waals surface area contributed by atoms with E-state index in [4.69, 9.17) is 14.1 Å². The van der Waals surface area contributed by atoms with Crippen molar-refractivity contribution in [1.82, 2.24) is 20.4 Å². The molecule has 0 saturated carbocycles. The van der Waals surface area contributed by atoms with Crippen LogP contribution in [-0.2, 0) is 11.2 Å². The van der Waals surface area contributed by atoms with Crippen LogP contribution in [0.5, 0.6) is 0 Å². The molecule has 1 saturated heterocycles. The summed E-state index contributed by atoms with van der Waals surface area (Å²) in [7, 11) is 0. The van der Waals surface area contributed by atoms with Gasteiger partial charge in [-0.05, 0) is 49.2 Å². The Morgan fingerprint density at radius 1 is 1.29 bits per heavy atom. The van der Waals surface area contributed by atoms with Gasteiger partial charge in [-0.1, -0.05) is 12.1 Å². The number of nitrogens with one attached hydrogen (secondary N) is 2. The number of guanidine groups is 1. The number of furan rings is 1. The van der Waals surface area contributed by atoms with Crippen LogP contribution in [0.2, 0.25) is 0 Å². The van der Waals surface area contributed by atoms with Crippen molar-refractivity contribution in [2.24, 2.45) is 10.9 Å². The number of rotatable bonds is 8. The molecule has 0 aliphatic carbocycles. The summed E-state index contributed by atoms with van der Waals surface area (Å²) in [6.07, 6.45) is 7.32. The van der Waals surface area contributed by atoms with Gasteiger partial charge in [-0.3, -0.25) is 4.99 Å². The average Bonchev–Trinajstić information content (AvgIpc) is 3.55. The lowest BCUT2D eigenvalue weighted by atomic mass is 10.1. The van der Waals surface area contributed by atoms with Crippen LogP contribution in [0.25, 0.3) is 5.69 Å². The summed E-state index contributed by atoms with van der Waals surface area (Å²) in [5.41, 5.74) is 2.21. The molecule has 4 rings (SSSR count). The molecule has 0 spiro atoms. The molecular weight excluding hydrogens is 505 g/mol. The van der Waals surface area contributed by atoms with Crippen LogP contribution in [-0.4, -0.2) is 42.0 Å². The van der Waals surface area contributed by atoms with Gasteiger partial charge in [0, 0.05) is 44.4 Å². The fourth-order valence-corrected chi connectivity index (χ4v) is 3.51. The highest BCUT2D eigenvalue weighted by Gasteiger charge is 2.16. The van der Waals surface area contributed by atoms with Gasteiger partial charge in [-0.15, -0.1) is 24.0 Å². The normalized spacial score (nSPS) is 17.2. The van der Waals surface area contributed by atoms with E-state index in [9.17, 15) is 0 Å². The number of halogens is 1. The van der Waals surface area contributed by atoms with E-state index in [1.807, 2.05) is 29.1 Å². The fraction of sp³-hybridized carbons (Fsp3) is 0.391. The summed E-state index contributed by atoms with van der Waals surface area (Å²) in [6.45, 7) is 5.29. The zero-order valence-corrected chi connectivity index (χ0v) is 20.1. The topological polar surface area (TPSA) is 76.6 Å². The maximum atomic E-state index is 5.49. The molecule has 0 amide bonds. The molecule has 1 aromatic carbocycles. The maximum absolute atomic E-state index is 5.49. The highest BCUT2D eigenvalue weighted by atomic mass is 127. The maximum Gasteiger partial charge on any atom is 0.191 e. The largest absolute Gasteiger partial charge is 0.469 e. The smallest absolute Gasteiger partial charge is 0.191 e. The molecule has 31 heavy (non-hydrogen) atoms. The Morgan fingerprint density at radius 3 is 2.97 bits per heavy atom. The molecular formula is C23H30IN5O2. The second-order valence-electron chi connectivity index (χ2n) is 7.59. The standard InChI is InChI=1S/C23H29N5O2.HI/c1-18(20-5-2-6-21(15-20)28-12-4-10-26-28)27-23(25-16-19-9-14-29-17-19)24-11-8-22-7-3-13-30-22;/h2-7,10,12-13,15,18-19H,8-9,11,14,16-17H2,1H3,(H2,24,25,27);1H. The monoisotopic (exact) mass is 535 g/mol. The van der Waals surface area contributed by atoms with Crippen molar-refractivity contribution < 1.29 is 9.15 Å². The van der Waals surface area contributed by atoms with Gasteiger partial charge in [0.05, 0.1) is 24.6 Å². The van der Waals surface area contributed by atoms with E-state index in [2.05, 4.69) is 46.9 Å². The number of ether oxygens (including phenoxy) is 1. The van der Waals surface area contributed by atoms with Gasteiger partial charge in [0.2, 0.25) is 0 Å². The third-order valence-corrected chi connectivity index (χ3v) is 5.27. The van der Waals surface area contributed by atoms with Gasteiger partial charge in [0.15, 0.2) is 5.96 Å². The van der Waals surface area contributed by atoms with E-state index in [0.29, 0.717) is 5.92 Å². The van der Waals surface area contributed by atoms with Crippen LogP contribution in [0, 0.1) is 5.92 Å². The van der Waals surface area contributed by atoms with E-state index in [1.165, 1.54) is 5.56 Å². The molecule has 1 aliphatic heterocycles. The Morgan fingerprint density at radius 2 is 2.23 bits per heavy atom. The summed E-state index contributed by atoms with van der Waals surface area (Å²) in [5.74, 6) is 2.27. The first-order chi connectivity index (χ1) is 14.8. The number of aliphatic imine (C=N–C) groups is 1. The highest BCUT2D eigenvalue weighted by molar-refractivity contribution is 14.0. The number of hydrogen-bond donors (Lipinski definition) is 2. The minimum Gasteiger partial charge on any atom is -0.469 e. The summed E-state index contributed by atoms with van der Waals surface area (Å²) in [5, 5.41) is 11.3. The van der Waals surface area contributed by atoms with E-state index < -0.39 is 0 Å². The van der Waals surface area contributed by atoms with Crippen LogP contribution < -0.4 is 10.6 Å². The predicted octanol–water partition coefficient (Wildman–Crippen LogP) is 3.96. The fourth-order valence-electron chi connectivity index (χ4n) is 3.51. The summed E-state index contributed by atoms with van der Waals surface area (Å²) in [4.78, 5) is 4.83. The number of benzene rings is 1. The molecule has 0 bridgehead atoms. The third kappa shape index (κ3) is 6.83. The Balaban J connectivity index is 0.00000272. The predicted molar refractivity (Wildman–Crippen MR) is 132 cm³/mol. The van der Waals surface area contributed by atoms with Gasteiger partial charge < -0.3 is 19.8 Å². The van der Waals surface area contributed by atoms with Crippen LogP contribution >= 0.6 is 24.0 Å². The van der Waals surface area contributed by atoms with Crippen LogP contribution in [0.4, 0.5) is 0 Å². The Kier molecular flexibility index (Phi) is 8.96. The van der Waals surface area contributed by atoms with Crippen LogP contribution in [0.3, 0.4) is 0 Å². The van der Waals surface area contributed by atoms with Gasteiger partial charge >= 0.3 is 0 Å². The van der Waals surface area contributed by atoms with Crippen molar-refractivity contribution in [3.63, 3.8) is 0 Å². The first-order valence-corrected chi connectivity index (χ1v) is 10.5. The van der Waals surface area contributed by atoms with E-state index in [1.54, 1.807) is 12.5 Å². The van der Waals surface area contributed by atoms with Crippen molar-refractivity contribution in [2.45, 2.75) is 25.8 Å². The van der Waals surface area contributed by atoms with Crippen molar-refractivity contribution in [2.75, 3.05) is 26.3 Å². The molecule has 2 unspecified atom stereocenters. The summed E-state index contributed by atoms with van der Waals surface area (Å²) < 4.78 is 12.8. The summed E-state index contributed by atoms with van der Waals surface area (Å²) >= 11 is 0. The number of hydrogen-bond acceptors (Lipinski definition) is 4. The molecule has 2 N–H and O–H groups in total. The van der Waals surface area contributed by atoms with Crippen LogP contribution in [0.1, 0.15) is 30.7 Å². The third-order valence-electron chi connectivity index (χ3n) is 5.27. The Bertz CT molecular complexity index is 921. The first kappa shape index (κ1) is 23.3. The van der Waals surface area contributed by atoms with Crippen molar-refractivity contribution in [1.29, 1.82) is 0 Å². The number of nitrogens with zero attached hydrogens (tertiary/aromatic N) is 3. The second-order valence-corrected chi connectivity index (χ2v) is 7.59. The van der Waals surface area contributed by atoms with Gasteiger partial charge in [0.1, 0.15) is 5.76 Å². The number of aromatic nitrogens is 2. The van der Waals surface area contributed by atoms with Crippen molar-refractivity contribution in [3.8, 4) is 5.69 Å². The molecule has 3 heterocycles. The van der Waals surface area contributed by atoms with Gasteiger partial charge in [-0.2, -0.15) is 5.10 Å². The molecule has 7 nitrogen and oxygen atoms in total. The molecule has 3 aromatic rings. The lowest BCUT2D eigenvalue weighted by molar-refractivity contribution is 0.187. The Hall–Kier alpha value is -2.33. The molecule has 2 atom stereocenters. The lowest BCUT2D eigenvalue weighted by Gasteiger charge is -2.20. The quantitative estimate of drug-likeness (QED) is 0.260. The zero-order valence-electron chi connectivity index (χ0n) is 17.7. The average molecular weight is 535 g/mol. The van der Waals surface area contributed by atoms with Crippen LogP contribution in [0.15, 0.2) is 70.5 Å². The first-order valence-electron chi connectivity index (χ1n) is 10.5. The van der Waals surface area contributed by atoms with E-state index in [0.717, 1.165) is 56.6 Å². The lowest BCUT2D eigenvalue weighted by Crippen LogP contribution is -2.40.